The van der Waals surface area contributed by atoms with Gasteiger partial charge in [0.25, 0.3) is 0 Å². The van der Waals surface area contributed by atoms with Gasteiger partial charge in [-0.1, -0.05) is 85.0 Å². The molecule has 0 aromatic heterocycles. The van der Waals surface area contributed by atoms with Crippen LogP contribution in [0, 0.1) is 6.92 Å². The minimum Gasteiger partial charge on any atom is -1.00 e. The fourth-order valence-corrected chi connectivity index (χ4v) is 3.11. The first-order chi connectivity index (χ1) is 12.0. The van der Waals surface area contributed by atoms with Gasteiger partial charge in [-0.15, -0.1) is 0 Å². The van der Waals surface area contributed by atoms with Crippen LogP contribution in [0.25, 0.3) is 0 Å². The van der Waals surface area contributed by atoms with Crippen LogP contribution in [0.2, 0.25) is 0 Å². The zero-order chi connectivity index (χ0) is 19.2. The lowest BCUT2D eigenvalue weighted by atomic mass is 10.1. The first-order valence-corrected chi connectivity index (χ1v) is 11.3. The molecule has 0 aromatic rings. The predicted octanol–water partition coefficient (Wildman–Crippen LogP) is 3.77. The van der Waals surface area contributed by atoms with Gasteiger partial charge in [0.15, 0.2) is 0 Å². The van der Waals surface area contributed by atoms with Crippen molar-refractivity contribution in [2.24, 2.45) is 0 Å². The summed E-state index contributed by atoms with van der Waals surface area (Å²) in [6, 6.07) is 0. The molecule has 0 saturated carbocycles. The van der Waals surface area contributed by atoms with E-state index in [1.54, 1.807) is 0 Å². The molecule has 0 atom stereocenters. The highest BCUT2D eigenvalue weighted by molar-refractivity contribution is 4.48. The number of hydrogen-bond donors (Lipinski definition) is 1. The molecule has 0 aliphatic carbocycles. The second-order valence-electron chi connectivity index (χ2n) is 8.20. The molecule has 161 valence electrons. The standard InChI is InChI=1S/C20H44N.C3H7O.ClH/c1-5-7-9-11-13-14-16-18-20-21(3,4)19-17-15-12-10-8-6-2;1-2-3-4;/h5-20H2,1-4H3;4H,1-3H2;1H/q+1;;/p-1. The lowest BCUT2D eigenvalue weighted by Crippen LogP contribution is -3.00. The molecule has 0 saturated heterocycles. The number of hydrogen-bond acceptors (Lipinski definition) is 1. The van der Waals surface area contributed by atoms with Gasteiger partial charge >= 0.3 is 0 Å². The molecule has 1 N–H and O–H groups in total. The summed E-state index contributed by atoms with van der Waals surface area (Å²) in [5.41, 5.74) is 0. The molecule has 0 rings (SSSR count). The van der Waals surface area contributed by atoms with Crippen LogP contribution in [0.3, 0.4) is 0 Å². The monoisotopic (exact) mass is 392 g/mol. The van der Waals surface area contributed by atoms with E-state index in [1.165, 1.54) is 107 Å². The SMILES string of the molecule is CCCCCCCCCC[N+](C)(C)CCCCCCCC.[CH2]CCO.[Cl-]. The summed E-state index contributed by atoms with van der Waals surface area (Å²) in [4.78, 5) is 0. The zero-order valence-corrected chi connectivity index (χ0v) is 19.5. The van der Waals surface area contributed by atoms with Crippen LogP contribution in [0.5, 0.6) is 0 Å². The number of rotatable bonds is 17. The summed E-state index contributed by atoms with van der Waals surface area (Å²) in [6.07, 6.45) is 20.7. The summed E-state index contributed by atoms with van der Waals surface area (Å²) < 4.78 is 1.24. The van der Waals surface area contributed by atoms with Gasteiger partial charge in [-0.3, -0.25) is 0 Å². The second-order valence-corrected chi connectivity index (χ2v) is 8.20. The van der Waals surface area contributed by atoms with E-state index in [9.17, 15) is 0 Å². The lowest BCUT2D eigenvalue weighted by Gasteiger charge is -2.30. The second kappa shape index (κ2) is 25.2. The highest BCUT2D eigenvalue weighted by atomic mass is 35.5. The number of unbranched alkanes of at least 4 members (excludes halogenated alkanes) is 12. The smallest absolute Gasteiger partial charge is 0.0782 e. The van der Waals surface area contributed by atoms with Crippen LogP contribution < -0.4 is 12.4 Å². The Morgan fingerprint density at radius 2 is 0.885 bits per heavy atom. The summed E-state index contributed by atoms with van der Waals surface area (Å²) in [7, 11) is 4.85. The Morgan fingerprint density at radius 3 is 1.15 bits per heavy atom. The lowest BCUT2D eigenvalue weighted by molar-refractivity contribution is -0.890. The van der Waals surface area contributed by atoms with Crippen LogP contribution in [0.15, 0.2) is 0 Å². The number of nitrogens with zero attached hydrogens (tertiary/aromatic N) is 1. The average molecular weight is 393 g/mol. The summed E-state index contributed by atoms with van der Waals surface area (Å²) >= 11 is 0. The molecule has 0 aliphatic heterocycles. The van der Waals surface area contributed by atoms with Gasteiger partial charge in [0.1, 0.15) is 0 Å². The van der Waals surface area contributed by atoms with Gasteiger partial charge in [-0.25, -0.2) is 0 Å². The van der Waals surface area contributed by atoms with Crippen LogP contribution >= 0.6 is 0 Å². The van der Waals surface area contributed by atoms with Crippen molar-refractivity contribution in [3.8, 4) is 0 Å². The third-order valence-corrected chi connectivity index (χ3v) is 4.89. The van der Waals surface area contributed by atoms with Crippen molar-refractivity contribution >= 4 is 0 Å². The highest BCUT2D eigenvalue weighted by Gasteiger charge is 2.13. The van der Waals surface area contributed by atoms with Crippen LogP contribution in [-0.4, -0.2) is 43.4 Å². The van der Waals surface area contributed by atoms with Crippen molar-refractivity contribution in [1.82, 2.24) is 0 Å². The third-order valence-electron chi connectivity index (χ3n) is 4.89. The van der Waals surface area contributed by atoms with E-state index in [0.29, 0.717) is 6.42 Å². The Balaban J connectivity index is -0.000000951. The van der Waals surface area contributed by atoms with Crippen LogP contribution in [0.4, 0.5) is 0 Å². The number of quaternary nitrogens is 1. The summed E-state index contributed by atoms with van der Waals surface area (Å²) in [5, 5.41) is 7.81. The van der Waals surface area contributed by atoms with Gasteiger partial charge in [0.05, 0.1) is 27.2 Å². The van der Waals surface area contributed by atoms with Crippen molar-refractivity contribution in [1.29, 1.82) is 0 Å². The normalized spacial score (nSPS) is 10.8. The van der Waals surface area contributed by atoms with Crippen molar-refractivity contribution in [2.45, 2.75) is 110 Å². The zero-order valence-electron chi connectivity index (χ0n) is 18.7. The van der Waals surface area contributed by atoms with Crippen LogP contribution in [0.1, 0.15) is 110 Å². The maximum absolute atomic E-state index is 7.81. The largest absolute Gasteiger partial charge is 1.00 e. The van der Waals surface area contributed by atoms with E-state index in [4.69, 9.17) is 5.11 Å². The molecular formula is C23H51ClNO. The number of aliphatic hydroxyl groups is 1. The van der Waals surface area contributed by atoms with E-state index < -0.39 is 0 Å². The number of aliphatic hydroxyl groups excluding tert-OH is 1. The molecule has 0 bridgehead atoms. The van der Waals surface area contributed by atoms with E-state index in [1.807, 2.05) is 0 Å². The minimum absolute atomic E-state index is 0. The van der Waals surface area contributed by atoms with E-state index in [0.717, 1.165) is 0 Å². The Bertz CT molecular complexity index is 232. The molecule has 2 nitrogen and oxygen atoms in total. The fourth-order valence-electron chi connectivity index (χ4n) is 3.11. The molecule has 1 radical (unpaired) electrons. The molecule has 0 heterocycles. The molecule has 0 aliphatic rings. The average Bonchev–Trinajstić information content (AvgIpc) is 2.60. The van der Waals surface area contributed by atoms with Gasteiger partial charge in [0, 0.05) is 6.61 Å². The van der Waals surface area contributed by atoms with Crippen molar-refractivity contribution in [3.05, 3.63) is 6.92 Å². The quantitative estimate of drug-likeness (QED) is 0.295. The first kappa shape index (κ1) is 30.9. The molecular weight excluding hydrogens is 342 g/mol. The summed E-state index contributed by atoms with van der Waals surface area (Å²) in [6.45, 7) is 10.9. The fraction of sp³-hybridized carbons (Fsp3) is 0.957. The van der Waals surface area contributed by atoms with E-state index >= 15 is 0 Å². The van der Waals surface area contributed by atoms with Gasteiger partial charge in [-0.2, -0.15) is 0 Å². The maximum Gasteiger partial charge on any atom is 0.0782 e. The molecule has 0 fully saturated rings. The molecule has 0 spiro atoms. The predicted molar refractivity (Wildman–Crippen MR) is 115 cm³/mol. The Hall–Kier alpha value is 0.210. The van der Waals surface area contributed by atoms with E-state index in [-0.39, 0.29) is 19.0 Å². The Kier molecular flexibility index (Phi) is 30.0. The highest BCUT2D eigenvalue weighted by Crippen LogP contribution is 2.12. The van der Waals surface area contributed by atoms with Crippen molar-refractivity contribution in [2.75, 3.05) is 33.8 Å². The molecule has 26 heavy (non-hydrogen) atoms. The summed E-state index contributed by atoms with van der Waals surface area (Å²) in [5.74, 6) is 0. The molecule has 3 heteroatoms. The topological polar surface area (TPSA) is 20.2 Å². The third kappa shape index (κ3) is 29.0. The maximum atomic E-state index is 7.81. The van der Waals surface area contributed by atoms with Crippen molar-refractivity contribution in [3.63, 3.8) is 0 Å². The van der Waals surface area contributed by atoms with Crippen LogP contribution in [-0.2, 0) is 0 Å². The van der Waals surface area contributed by atoms with Gasteiger partial charge in [0.2, 0.25) is 0 Å². The van der Waals surface area contributed by atoms with Gasteiger partial charge < -0.3 is 22.0 Å². The first-order valence-electron chi connectivity index (χ1n) is 11.3. The van der Waals surface area contributed by atoms with Crippen molar-refractivity contribution < 1.29 is 22.0 Å². The van der Waals surface area contributed by atoms with Gasteiger partial charge in [-0.05, 0) is 32.1 Å². The molecule has 0 aromatic carbocycles. The number of halogens is 1. The Morgan fingerprint density at radius 1 is 0.615 bits per heavy atom. The van der Waals surface area contributed by atoms with E-state index in [2.05, 4.69) is 34.9 Å². The molecule has 0 unspecified atom stereocenters. The molecule has 0 amide bonds. The Labute approximate surface area is 173 Å². The minimum atomic E-state index is 0.